The normalized spacial score (nSPS) is 22.3. The topological polar surface area (TPSA) is 472 Å². The van der Waals surface area contributed by atoms with Crippen LogP contribution in [0.15, 0.2) is 24.3 Å². The molecule has 2 saturated heterocycles. The number of aliphatic hydroxyl groups excluding tert-OH is 1. The van der Waals surface area contributed by atoms with Crippen molar-refractivity contribution in [2.45, 2.75) is 152 Å². The number of guanidine groups is 2. The summed E-state index contributed by atoms with van der Waals surface area (Å²) in [6.45, 7) is 4.87. The van der Waals surface area contributed by atoms with Crippen molar-refractivity contribution in [3.05, 3.63) is 35.4 Å². The van der Waals surface area contributed by atoms with Crippen LogP contribution in [0.25, 0.3) is 0 Å². The van der Waals surface area contributed by atoms with Gasteiger partial charge >= 0.3 is 12.1 Å². The van der Waals surface area contributed by atoms with Crippen LogP contribution >= 0.6 is 0 Å². The summed E-state index contributed by atoms with van der Waals surface area (Å²) in [5.74, 6) is -7.78. The Morgan fingerprint density at radius 2 is 1.27 bits per heavy atom. The van der Waals surface area contributed by atoms with E-state index in [0.717, 1.165) is 12.8 Å². The Hall–Kier alpha value is -7.37. The fraction of sp³-hybridized carbons (Fsp3) is 0.660. The number of aliphatic carboxylic acids is 1. The number of carbonyl (C=O) groups excluding carboxylic acids is 8. The number of amides is 8. The lowest BCUT2D eigenvalue weighted by molar-refractivity contribution is -0.138. The maximum atomic E-state index is 14.0. The van der Waals surface area contributed by atoms with E-state index in [2.05, 4.69) is 61.7 Å². The number of alkyl carbamates (subject to hydrolysis) is 1. The quantitative estimate of drug-likeness (QED) is 0.0139. The molecule has 3 aliphatic rings. The average molecular weight is 1120 g/mol. The lowest BCUT2D eigenvalue weighted by Gasteiger charge is -2.42. The van der Waals surface area contributed by atoms with Gasteiger partial charge in [0.05, 0.1) is 38.3 Å². The van der Waals surface area contributed by atoms with Gasteiger partial charge in [0, 0.05) is 33.0 Å². The van der Waals surface area contributed by atoms with Crippen molar-refractivity contribution in [1.29, 1.82) is 10.8 Å². The molecule has 10 atom stereocenters. The van der Waals surface area contributed by atoms with Gasteiger partial charge in [-0.2, -0.15) is 0 Å². The smallest absolute Gasteiger partial charge is 0.407 e. The fourth-order valence-corrected chi connectivity index (χ4v) is 9.55. The minimum Gasteiger partial charge on any atom is -0.481 e. The minimum atomic E-state index is -1.41. The second-order valence-electron chi connectivity index (χ2n) is 20.5. The third-order valence-electron chi connectivity index (χ3n) is 13.9. The molecule has 1 spiro atoms. The molecule has 3 fully saturated rings. The van der Waals surface area contributed by atoms with Gasteiger partial charge in [-0.25, -0.2) is 4.79 Å². The summed E-state index contributed by atoms with van der Waals surface area (Å²) in [4.78, 5) is 117. The second-order valence-corrected chi connectivity index (χ2v) is 20.5. The molecule has 1 aliphatic carbocycles. The molecule has 0 bridgehead atoms. The number of rotatable bonds is 34. The van der Waals surface area contributed by atoms with Crippen molar-refractivity contribution >= 4 is 65.3 Å². The number of ether oxygens (including phenoxy) is 4. The molecule has 440 valence electrons. The molecule has 1 saturated carbocycles. The molecule has 8 amide bonds. The van der Waals surface area contributed by atoms with Crippen molar-refractivity contribution in [3.8, 4) is 0 Å². The first-order valence-corrected chi connectivity index (χ1v) is 26.3. The number of hydrogen-bond donors (Lipinski definition) is 16. The molecule has 1 aromatic rings. The number of carboxylic acid groups (broad SMARTS) is 1. The molecule has 0 radical (unpaired) electrons. The molecule has 0 unspecified atom stereocenters. The Morgan fingerprint density at radius 1 is 0.722 bits per heavy atom. The lowest BCUT2D eigenvalue weighted by atomic mass is 9.68. The van der Waals surface area contributed by atoms with Crippen LogP contribution in [0.1, 0.15) is 96.1 Å². The molecule has 2 aliphatic heterocycles. The van der Waals surface area contributed by atoms with Crippen LogP contribution in [0.5, 0.6) is 0 Å². The average Bonchev–Trinajstić information content (AvgIpc) is 4.22. The number of nitrogens with one attached hydrogen (secondary N) is 11. The van der Waals surface area contributed by atoms with Gasteiger partial charge in [0.2, 0.25) is 41.4 Å². The van der Waals surface area contributed by atoms with Crippen LogP contribution in [0.3, 0.4) is 0 Å². The number of carbonyl (C=O) groups is 9. The fourth-order valence-electron chi connectivity index (χ4n) is 9.55. The Kier molecular flexibility index (Phi) is 24.9. The van der Waals surface area contributed by atoms with Gasteiger partial charge in [-0.15, -0.1) is 0 Å². The van der Waals surface area contributed by atoms with Crippen LogP contribution in [0.4, 0.5) is 4.79 Å². The summed E-state index contributed by atoms with van der Waals surface area (Å²) >= 11 is 0. The number of primary amides is 1. The van der Waals surface area contributed by atoms with Gasteiger partial charge in [-0.05, 0) is 81.8 Å². The zero-order valence-electron chi connectivity index (χ0n) is 45.2. The SMILES string of the molecule is CO[C@@H]1[C@H](OC(=O)NCC(=O)N[C@@H](CCCNC(=N)N)C(=O)NCC(=O)NCC(=O)N[C@@H](Cc2ccc(CO)cc2)C(=O)N[C@@H](CCCNC(=N)N)C(=O)N[C@@H](CCC(=O)O)C(N)=O)CC[C@]2(CO2)[C@H]1[C@@]1(C)O[C@@H]1CCC(C)C. The van der Waals surface area contributed by atoms with Crippen LogP contribution < -0.4 is 65.1 Å². The van der Waals surface area contributed by atoms with E-state index in [-0.39, 0.29) is 82.2 Å². The summed E-state index contributed by atoms with van der Waals surface area (Å²) in [7, 11) is 1.54. The van der Waals surface area contributed by atoms with Gasteiger partial charge in [0.25, 0.3) is 0 Å². The first kappa shape index (κ1) is 64.2. The molecule has 2 heterocycles. The molecule has 79 heavy (non-hydrogen) atoms. The highest BCUT2D eigenvalue weighted by atomic mass is 16.6. The van der Waals surface area contributed by atoms with Crippen molar-refractivity contribution in [2.75, 3.05) is 46.4 Å². The summed E-state index contributed by atoms with van der Waals surface area (Å²) in [6.07, 6.45) is 0.0595. The molecule has 29 nitrogen and oxygen atoms in total. The highest BCUT2D eigenvalue weighted by Crippen LogP contribution is 2.59. The van der Waals surface area contributed by atoms with Crippen LogP contribution in [0.2, 0.25) is 0 Å². The number of methoxy groups -OCH3 is 1. The zero-order chi connectivity index (χ0) is 58.5. The van der Waals surface area contributed by atoms with Crippen molar-refractivity contribution in [1.82, 2.24) is 47.9 Å². The van der Waals surface area contributed by atoms with Gasteiger partial charge in [-0.3, -0.25) is 49.2 Å². The molecule has 19 N–H and O–H groups in total. The largest absolute Gasteiger partial charge is 0.481 e. The van der Waals surface area contributed by atoms with E-state index in [1.165, 1.54) is 0 Å². The van der Waals surface area contributed by atoms with Crippen molar-refractivity contribution < 1.29 is 72.3 Å². The molecule has 0 aromatic heterocycles. The number of epoxide rings is 2. The van der Waals surface area contributed by atoms with Gasteiger partial charge in [0.1, 0.15) is 54.1 Å². The van der Waals surface area contributed by atoms with E-state index in [9.17, 15) is 48.3 Å². The van der Waals surface area contributed by atoms with Gasteiger partial charge < -0.3 is 94.2 Å². The highest BCUT2D eigenvalue weighted by Gasteiger charge is 2.72. The number of carboxylic acids is 1. The number of benzene rings is 1. The maximum Gasteiger partial charge on any atom is 0.407 e. The summed E-state index contributed by atoms with van der Waals surface area (Å²) in [6, 6.07) is 0.911. The van der Waals surface area contributed by atoms with Crippen molar-refractivity contribution in [2.24, 2.45) is 29.0 Å². The van der Waals surface area contributed by atoms with E-state index in [1.807, 2.05) is 6.92 Å². The van der Waals surface area contributed by atoms with Crippen LogP contribution in [-0.4, -0.2) is 176 Å². The number of hydrogen-bond acceptors (Lipinski definition) is 16. The number of aliphatic hydroxyl groups is 1. The number of nitrogens with two attached hydrogens (primary N) is 3. The Morgan fingerprint density at radius 3 is 1.81 bits per heavy atom. The van der Waals surface area contributed by atoms with Crippen molar-refractivity contribution in [3.63, 3.8) is 0 Å². The molecule has 1 aromatic carbocycles. The maximum absolute atomic E-state index is 14.0. The predicted molar refractivity (Wildman–Crippen MR) is 282 cm³/mol. The Balaban J connectivity index is 1.35. The van der Waals surface area contributed by atoms with E-state index in [0.29, 0.717) is 36.5 Å². The molecule has 29 heteroatoms. The standard InChI is InChI=1S/C50H80N14O15/c1-27(2)9-15-35-49(3,79-35)41-40(76-4)34(17-18-50(41)26-77-50)78-48(75)60-24-38(68)61-31(7-5-19-56-46(52)53)43(72)59-22-36(66)58-23-37(67)62-33(21-28-10-12-29(25-65)13-11-28)45(74)64-32(8-6-20-57-47(54)55)44(73)63-30(42(51)71)14-16-39(69)70/h10-13,27,30-35,40-41,65H,5-9,14-26H2,1-4H3,(H2,51,71)(H,58,66)(H,59,72)(H,60,75)(H,61,68)(H,62,67)(H,63,73)(H,64,74)(H,69,70)(H4,52,53,56)(H4,54,55,57)/t30-,31-,32-,33-,34+,35+,40+,41+,49-,50-/m0/s1. The first-order valence-electron chi connectivity index (χ1n) is 26.3. The zero-order valence-corrected chi connectivity index (χ0v) is 45.2. The highest BCUT2D eigenvalue weighted by molar-refractivity contribution is 5.96. The molecule has 4 rings (SSSR count). The van der Waals surface area contributed by atoms with E-state index in [1.54, 1.807) is 31.4 Å². The third-order valence-corrected chi connectivity index (χ3v) is 13.9. The Bertz CT molecular complexity index is 2320. The molecular formula is C50H80N14O15. The monoisotopic (exact) mass is 1120 g/mol. The lowest BCUT2D eigenvalue weighted by Crippen LogP contribution is -2.57. The summed E-state index contributed by atoms with van der Waals surface area (Å²) in [5, 5.41) is 55.8. The summed E-state index contributed by atoms with van der Waals surface area (Å²) < 4.78 is 24.0. The minimum absolute atomic E-state index is 0.00538. The summed E-state index contributed by atoms with van der Waals surface area (Å²) in [5.41, 5.74) is 16.3. The Labute approximate surface area is 457 Å². The van der Waals surface area contributed by atoms with E-state index in [4.69, 9.17) is 52.1 Å². The van der Waals surface area contributed by atoms with Gasteiger partial charge in [-0.1, -0.05) is 38.1 Å². The third kappa shape index (κ3) is 21.1. The van der Waals surface area contributed by atoms with Crippen LogP contribution in [-0.2, 0) is 70.3 Å². The first-order chi connectivity index (χ1) is 37.4. The second kappa shape index (κ2) is 30.7. The molecular weight excluding hydrogens is 1040 g/mol. The van der Waals surface area contributed by atoms with E-state index < -0.39 is 127 Å². The van der Waals surface area contributed by atoms with E-state index >= 15 is 0 Å². The van der Waals surface area contributed by atoms with Crippen LogP contribution in [0, 0.1) is 22.7 Å². The predicted octanol–water partition coefficient (Wildman–Crippen LogP) is -3.35. The van der Waals surface area contributed by atoms with Gasteiger partial charge in [0.15, 0.2) is 11.9 Å².